The number of aliphatic hydroxyl groups is 6. The molecule has 1 amide bonds. The Labute approximate surface area is 307 Å². The van der Waals surface area contributed by atoms with Gasteiger partial charge in [0.2, 0.25) is 6.29 Å². The van der Waals surface area contributed by atoms with Crippen molar-refractivity contribution in [2.75, 3.05) is 6.61 Å². The van der Waals surface area contributed by atoms with Crippen LogP contribution in [0.5, 0.6) is 17.2 Å². The summed E-state index contributed by atoms with van der Waals surface area (Å²) in [6, 6.07) is 8.83. The van der Waals surface area contributed by atoms with Crippen LogP contribution in [0.4, 0.5) is 4.79 Å². The molecular formula is C32H41NO20S. The lowest BCUT2D eigenvalue weighted by Crippen LogP contribution is -2.62. The summed E-state index contributed by atoms with van der Waals surface area (Å²) < 4.78 is 62.3. The predicted octanol–water partition coefficient (Wildman–Crippen LogP) is -2.00. The van der Waals surface area contributed by atoms with E-state index in [1.807, 2.05) is 0 Å². The van der Waals surface area contributed by atoms with E-state index in [2.05, 4.69) is 5.32 Å². The van der Waals surface area contributed by atoms with E-state index in [-0.39, 0.29) is 17.9 Å². The number of carbonyl (C=O) groups is 3. The van der Waals surface area contributed by atoms with Gasteiger partial charge in [0.25, 0.3) is 0 Å². The minimum Gasteiger partial charge on any atom is -0.480 e. The fraction of sp³-hybridized carbons (Fsp3) is 0.531. The smallest absolute Gasteiger partial charge is 0.480 e. The first-order chi connectivity index (χ1) is 25.2. The summed E-state index contributed by atoms with van der Waals surface area (Å²) in [5, 5.41) is 82.7. The van der Waals surface area contributed by atoms with Gasteiger partial charge in [-0.15, -0.1) is 8.42 Å². The molecule has 54 heavy (non-hydrogen) atoms. The minimum absolute atomic E-state index is 0.189. The van der Waals surface area contributed by atoms with E-state index in [0.29, 0.717) is 5.56 Å². The largest absolute Gasteiger partial charge is 0.501 e. The van der Waals surface area contributed by atoms with Crippen LogP contribution < -0.4 is 18.4 Å². The van der Waals surface area contributed by atoms with Crippen molar-refractivity contribution in [2.24, 2.45) is 0 Å². The second kappa shape index (κ2) is 17.4. The van der Waals surface area contributed by atoms with Crippen LogP contribution in [-0.2, 0) is 45.4 Å². The van der Waals surface area contributed by atoms with Crippen LogP contribution >= 0.6 is 0 Å². The molecule has 0 aromatic heterocycles. The third-order valence-electron chi connectivity index (χ3n) is 7.74. The maximum atomic E-state index is 12.9. The van der Waals surface area contributed by atoms with Gasteiger partial charge in [-0.3, -0.25) is 0 Å². The van der Waals surface area contributed by atoms with Gasteiger partial charge in [-0.2, -0.15) is 0 Å². The number of alkyl carbamates (subject to hydrolysis) is 1. The van der Waals surface area contributed by atoms with Crippen LogP contribution in [0, 0.1) is 0 Å². The fourth-order valence-corrected chi connectivity index (χ4v) is 5.82. The molecular weight excluding hydrogens is 750 g/mol. The van der Waals surface area contributed by atoms with Crippen LogP contribution in [0.2, 0.25) is 0 Å². The van der Waals surface area contributed by atoms with E-state index in [9.17, 15) is 63.7 Å². The number of carboxylic acids is 2. The van der Waals surface area contributed by atoms with Crippen molar-refractivity contribution < 1.29 is 95.7 Å². The molecule has 0 radical (unpaired) electrons. The predicted molar refractivity (Wildman–Crippen MR) is 175 cm³/mol. The molecule has 9 N–H and O–H groups in total. The van der Waals surface area contributed by atoms with E-state index >= 15 is 0 Å². The lowest BCUT2D eigenvalue weighted by atomic mass is 9.98. The van der Waals surface area contributed by atoms with Gasteiger partial charge in [0.05, 0.1) is 6.61 Å². The van der Waals surface area contributed by atoms with Crippen LogP contribution in [0.25, 0.3) is 0 Å². The van der Waals surface area contributed by atoms with Gasteiger partial charge >= 0.3 is 28.4 Å². The van der Waals surface area contributed by atoms with E-state index in [4.69, 9.17) is 32.1 Å². The second-order valence-electron chi connectivity index (χ2n) is 13.1. The zero-order valence-corrected chi connectivity index (χ0v) is 29.6. The molecule has 2 saturated heterocycles. The van der Waals surface area contributed by atoms with Crippen LogP contribution in [0.1, 0.15) is 26.3 Å². The van der Waals surface area contributed by atoms with Gasteiger partial charge in [0.1, 0.15) is 60.1 Å². The quantitative estimate of drug-likeness (QED) is 0.0999. The van der Waals surface area contributed by atoms with Gasteiger partial charge < -0.3 is 78.2 Å². The van der Waals surface area contributed by atoms with Crippen molar-refractivity contribution >= 4 is 28.4 Å². The normalized spacial score (nSPS) is 29.4. The first-order valence-electron chi connectivity index (χ1n) is 16.1. The first kappa shape index (κ1) is 42.4. The van der Waals surface area contributed by atoms with Gasteiger partial charge in [0.15, 0.2) is 23.9 Å². The molecule has 2 aromatic carbocycles. The molecule has 300 valence electrons. The van der Waals surface area contributed by atoms with E-state index in [1.54, 1.807) is 20.8 Å². The zero-order valence-electron chi connectivity index (χ0n) is 28.8. The van der Waals surface area contributed by atoms with E-state index in [1.165, 1.54) is 42.5 Å². The summed E-state index contributed by atoms with van der Waals surface area (Å²) in [4.78, 5) is 35.1. The molecule has 2 fully saturated rings. The molecule has 0 spiro atoms. The highest BCUT2D eigenvalue weighted by Gasteiger charge is 2.49. The Morgan fingerprint density at radius 1 is 0.778 bits per heavy atom. The van der Waals surface area contributed by atoms with Crippen LogP contribution in [-0.4, -0.2) is 147 Å². The number of benzene rings is 2. The Kier molecular flexibility index (Phi) is 13.7. The Bertz CT molecular complexity index is 1720. The number of amides is 1. The standard InChI is InChI=1S/C32H41NO20S/c1-32(2,3)51-31(44)33-16(27(40)41)12-14-8-10-15(11-9-14)52-54(45,46)53-18-7-5-4-6-17(18)48-30-25(39)21(35)20(34)19(49-30)13-47-29-24(38)22(36)23(37)26(50-29)28(42)43/h4-11,16,19-26,29-30,34-39H,12-13H2,1-3H3,(H,33,44)(H,40,41)(H,42,43)/t16-,19-,20+,21+,22+,23+,24-,25-,26+,29-,30-/m1/s1. The topological polar surface area (TPSA) is 324 Å². The average molecular weight is 792 g/mol. The number of aliphatic hydroxyl groups excluding tert-OH is 6. The molecule has 2 aromatic rings. The first-order valence-corrected chi connectivity index (χ1v) is 17.4. The SMILES string of the molecule is CC(C)(C)OC(=O)N[C@H](Cc1ccc(OS(=O)(=O)Oc2ccccc2O[C@@H]2O[C@H](CO[C@@H]3O[C@H](C(=O)O)[C@@H](O)[C@H](O)[C@H]3O)[C@H](O)[C@H](O)[C@H]2O)cc1)C(=O)O. The van der Waals surface area contributed by atoms with Gasteiger partial charge in [-0.25, -0.2) is 14.4 Å². The summed E-state index contributed by atoms with van der Waals surface area (Å²) >= 11 is 0. The molecule has 2 aliphatic rings. The zero-order chi connectivity index (χ0) is 40.1. The highest BCUT2D eigenvalue weighted by atomic mass is 32.3. The van der Waals surface area contributed by atoms with Crippen molar-refractivity contribution in [1.82, 2.24) is 5.32 Å². The summed E-state index contributed by atoms with van der Waals surface area (Å²) in [6.07, 6.45) is -20.0. The monoisotopic (exact) mass is 791 g/mol. The highest BCUT2D eigenvalue weighted by Crippen LogP contribution is 2.33. The Balaban J connectivity index is 1.39. The Morgan fingerprint density at radius 2 is 1.37 bits per heavy atom. The molecule has 2 heterocycles. The summed E-state index contributed by atoms with van der Waals surface area (Å²) in [7, 11) is -4.90. The lowest BCUT2D eigenvalue weighted by Gasteiger charge is -2.42. The number of hydrogen-bond acceptors (Lipinski definition) is 18. The molecule has 21 nitrogen and oxygen atoms in total. The number of aliphatic carboxylic acids is 2. The van der Waals surface area contributed by atoms with Gasteiger partial charge in [0, 0.05) is 6.42 Å². The maximum absolute atomic E-state index is 12.9. The van der Waals surface area contributed by atoms with Crippen molar-refractivity contribution in [3.8, 4) is 17.2 Å². The summed E-state index contributed by atoms with van der Waals surface area (Å²) in [6.45, 7) is 4.07. The highest BCUT2D eigenvalue weighted by molar-refractivity contribution is 7.82. The number of carboxylic acid groups (broad SMARTS) is 2. The third-order valence-corrected chi connectivity index (χ3v) is 8.52. The second-order valence-corrected chi connectivity index (χ2v) is 14.3. The number of ether oxygens (including phenoxy) is 5. The molecule has 0 bridgehead atoms. The number of hydrogen-bond donors (Lipinski definition) is 9. The molecule has 11 atom stereocenters. The van der Waals surface area contributed by atoms with Crippen molar-refractivity contribution in [3.63, 3.8) is 0 Å². The summed E-state index contributed by atoms with van der Waals surface area (Å²) in [5.41, 5.74) is -0.483. The average Bonchev–Trinajstić information content (AvgIpc) is 3.07. The van der Waals surface area contributed by atoms with E-state index in [0.717, 1.165) is 6.07 Å². The molecule has 22 heteroatoms. The number of nitrogens with one attached hydrogen (secondary N) is 1. The minimum atomic E-state index is -4.90. The van der Waals surface area contributed by atoms with Gasteiger partial charge in [-0.05, 0) is 50.6 Å². The number of para-hydroxylation sites is 2. The molecule has 0 saturated carbocycles. The van der Waals surface area contributed by atoms with Crippen molar-refractivity contribution in [2.45, 2.75) is 100 Å². The molecule has 0 aliphatic carbocycles. The fourth-order valence-electron chi connectivity index (χ4n) is 5.08. The van der Waals surface area contributed by atoms with Crippen molar-refractivity contribution in [3.05, 3.63) is 54.1 Å². The van der Waals surface area contributed by atoms with E-state index < -0.39 is 114 Å². The Morgan fingerprint density at radius 3 is 1.96 bits per heavy atom. The third kappa shape index (κ3) is 11.1. The summed E-state index contributed by atoms with van der Waals surface area (Å²) in [5.74, 6) is -4.12. The maximum Gasteiger partial charge on any atom is 0.501 e. The number of carbonyl (C=O) groups excluding carboxylic acids is 1. The number of rotatable bonds is 14. The van der Waals surface area contributed by atoms with Crippen molar-refractivity contribution in [1.29, 1.82) is 0 Å². The van der Waals surface area contributed by atoms with Crippen LogP contribution in [0.15, 0.2) is 48.5 Å². The Hall–Kier alpha value is -4.36. The van der Waals surface area contributed by atoms with Crippen LogP contribution in [0.3, 0.4) is 0 Å². The lowest BCUT2D eigenvalue weighted by molar-refractivity contribution is -0.318. The molecule has 0 unspecified atom stereocenters. The van der Waals surface area contributed by atoms with Gasteiger partial charge in [-0.1, -0.05) is 24.3 Å². The molecule has 2 aliphatic heterocycles. The molecule has 4 rings (SSSR count).